The highest BCUT2D eigenvalue weighted by molar-refractivity contribution is 5.37. The molecule has 20 heavy (non-hydrogen) atoms. The standard InChI is InChI=1S/C15H21F3N2/c1-2-8-20(11-15(16,17)18)10-13-5-3-4-12-9-19-7-6-14(12)13/h3-5,19H,2,6-11H2,1H3. The molecule has 1 aliphatic rings. The zero-order valence-electron chi connectivity index (χ0n) is 11.8. The van der Waals surface area contributed by atoms with Crippen LogP contribution in [0.25, 0.3) is 0 Å². The molecule has 0 atom stereocenters. The molecule has 1 aromatic carbocycles. The van der Waals surface area contributed by atoms with Crippen molar-refractivity contribution in [1.29, 1.82) is 0 Å². The highest BCUT2D eigenvalue weighted by atomic mass is 19.4. The minimum atomic E-state index is -4.13. The van der Waals surface area contributed by atoms with E-state index in [4.69, 9.17) is 0 Å². The summed E-state index contributed by atoms with van der Waals surface area (Å²) >= 11 is 0. The number of benzene rings is 1. The molecule has 112 valence electrons. The summed E-state index contributed by atoms with van der Waals surface area (Å²) < 4.78 is 37.9. The molecule has 0 saturated heterocycles. The lowest BCUT2D eigenvalue weighted by molar-refractivity contribution is -0.147. The molecule has 0 amide bonds. The van der Waals surface area contributed by atoms with Crippen molar-refractivity contribution in [1.82, 2.24) is 10.2 Å². The largest absolute Gasteiger partial charge is 0.401 e. The van der Waals surface area contributed by atoms with Crippen molar-refractivity contribution < 1.29 is 13.2 Å². The summed E-state index contributed by atoms with van der Waals surface area (Å²) in [4.78, 5) is 1.50. The Hall–Kier alpha value is -1.07. The van der Waals surface area contributed by atoms with Crippen LogP contribution in [0.2, 0.25) is 0 Å². The van der Waals surface area contributed by atoms with E-state index in [9.17, 15) is 13.2 Å². The van der Waals surface area contributed by atoms with Crippen LogP contribution in [0.15, 0.2) is 18.2 Å². The average molecular weight is 286 g/mol. The molecule has 0 aromatic heterocycles. The first-order valence-corrected chi connectivity index (χ1v) is 7.09. The van der Waals surface area contributed by atoms with Crippen LogP contribution in [0.1, 0.15) is 30.0 Å². The van der Waals surface area contributed by atoms with Gasteiger partial charge in [0.25, 0.3) is 0 Å². The second kappa shape index (κ2) is 6.59. The number of alkyl halides is 3. The number of hydrogen-bond donors (Lipinski definition) is 1. The number of halogens is 3. The molecule has 0 bridgehead atoms. The van der Waals surface area contributed by atoms with Crippen LogP contribution in [-0.2, 0) is 19.5 Å². The van der Waals surface area contributed by atoms with Crippen LogP contribution in [0.5, 0.6) is 0 Å². The number of nitrogens with zero attached hydrogens (tertiary/aromatic N) is 1. The molecule has 0 spiro atoms. The minimum absolute atomic E-state index is 0.385. The van der Waals surface area contributed by atoms with Crippen molar-refractivity contribution in [2.75, 3.05) is 19.6 Å². The molecule has 0 aliphatic carbocycles. The zero-order chi connectivity index (χ0) is 14.6. The summed E-state index contributed by atoms with van der Waals surface area (Å²) in [5.41, 5.74) is 3.49. The lowest BCUT2D eigenvalue weighted by atomic mass is 9.95. The van der Waals surface area contributed by atoms with Gasteiger partial charge in [-0.15, -0.1) is 0 Å². The van der Waals surface area contributed by atoms with E-state index in [0.717, 1.165) is 31.5 Å². The smallest absolute Gasteiger partial charge is 0.312 e. The third-order valence-corrected chi connectivity index (χ3v) is 3.57. The van der Waals surface area contributed by atoms with Gasteiger partial charge < -0.3 is 5.32 Å². The predicted molar refractivity (Wildman–Crippen MR) is 73.5 cm³/mol. The molecule has 0 radical (unpaired) electrons. The molecule has 1 aliphatic heterocycles. The minimum Gasteiger partial charge on any atom is -0.312 e. The Morgan fingerprint density at radius 3 is 2.80 bits per heavy atom. The van der Waals surface area contributed by atoms with Crippen LogP contribution in [0, 0.1) is 0 Å². The van der Waals surface area contributed by atoms with Gasteiger partial charge in [0.1, 0.15) is 0 Å². The second-order valence-corrected chi connectivity index (χ2v) is 5.31. The molecule has 5 heteroatoms. The van der Waals surface area contributed by atoms with E-state index in [-0.39, 0.29) is 0 Å². The number of hydrogen-bond acceptors (Lipinski definition) is 2. The van der Waals surface area contributed by atoms with Crippen molar-refractivity contribution in [2.45, 2.75) is 39.0 Å². The van der Waals surface area contributed by atoms with Gasteiger partial charge in [-0.2, -0.15) is 13.2 Å². The quantitative estimate of drug-likeness (QED) is 0.894. The molecule has 0 fully saturated rings. The van der Waals surface area contributed by atoms with Crippen molar-refractivity contribution in [3.8, 4) is 0 Å². The fourth-order valence-corrected chi connectivity index (χ4v) is 2.78. The fraction of sp³-hybridized carbons (Fsp3) is 0.600. The van der Waals surface area contributed by atoms with E-state index in [1.54, 1.807) is 0 Å². The molecule has 0 unspecified atom stereocenters. The Bertz CT molecular complexity index is 443. The van der Waals surface area contributed by atoms with E-state index in [1.165, 1.54) is 16.0 Å². The molecular formula is C15H21F3N2. The monoisotopic (exact) mass is 286 g/mol. The first-order valence-electron chi connectivity index (χ1n) is 7.09. The first-order chi connectivity index (χ1) is 9.49. The van der Waals surface area contributed by atoms with Crippen LogP contribution >= 0.6 is 0 Å². The SMILES string of the molecule is CCCN(Cc1cccc2c1CCNC2)CC(F)(F)F. The number of rotatable bonds is 5. The summed E-state index contributed by atoms with van der Waals surface area (Å²) in [5.74, 6) is 0. The lowest BCUT2D eigenvalue weighted by Crippen LogP contribution is -2.35. The van der Waals surface area contributed by atoms with Crippen LogP contribution in [0.3, 0.4) is 0 Å². The normalized spacial score (nSPS) is 15.4. The summed E-state index contributed by atoms with van der Waals surface area (Å²) in [6.45, 7) is 3.65. The molecule has 2 rings (SSSR count). The molecule has 0 saturated carbocycles. The van der Waals surface area contributed by atoms with Gasteiger partial charge >= 0.3 is 6.18 Å². The molecule has 1 aromatic rings. The summed E-state index contributed by atoms with van der Waals surface area (Å²) in [6.07, 6.45) is -2.50. The summed E-state index contributed by atoms with van der Waals surface area (Å²) in [6, 6.07) is 5.96. The maximum Gasteiger partial charge on any atom is 0.401 e. The van der Waals surface area contributed by atoms with Gasteiger partial charge in [0, 0.05) is 13.1 Å². The Labute approximate surface area is 118 Å². The van der Waals surface area contributed by atoms with Gasteiger partial charge in [-0.25, -0.2) is 0 Å². The van der Waals surface area contributed by atoms with E-state index < -0.39 is 12.7 Å². The topological polar surface area (TPSA) is 15.3 Å². The average Bonchev–Trinajstić information content (AvgIpc) is 2.37. The van der Waals surface area contributed by atoms with Crippen LogP contribution < -0.4 is 5.32 Å². The fourth-order valence-electron chi connectivity index (χ4n) is 2.78. The number of fused-ring (bicyclic) bond motifs is 1. The molecule has 2 nitrogen and oxygen atoms in total. The number of nitrogens with one attached hydrogen (secondary N) is 1. The van der Waals surface area contributed by atoms with Crippen LogP contribution in [-0.4, -0.2) is 30.7 Å². The highest BCUT2D eigenvalue weighted by Crippen LogP contribution is 2.23. The van der Waals surface area contributed by atoms with Gasteiger partial charge in [0.15, 0.2) is 0 Å². The zero-order valence-corrected chi connectivity index (χ0v) is 11.8. The second-order valence-electron chi connectivity index (χ2n) is 5.31. The third kappa shape index (κ3) is 4.21. The van der Waals surface area contributed by atoms with E-state index in [1.807, 2.05) is 19.1 Å². The van der Waals surface area contributed by atoms with E-state index in [2.05, 4.69) is 11.4 Å². The molecular weight excluding hydrogens is 265 g/mol. The van der Waals surface area contributed by atoms with Crippen molar-refractivity contribution in [3.63, 3.8) is 0 Å². The predicted octanol–water partition coefficient (Wildman–Crippen LogP) is 3.11. The maximum atomic E-state index is 12.6. The Morgan fingerprint density at radius 2 is 2.10 bits per heavy atom. The molecule has 1 heterocycles. The Morgan fingerprint density at radius 1 is 1.30 bits per heavy atom. The van der Waals surface area contributed by atoms with Crippen molar-refractivity contribution in [3.05, 3.63) is 34.9 Å². The van der Waals surface area contributed by atoms with Crippen molar-refractivity contribution in [2.24, 2.45) is 0 Å². The van der Waals surface area contributed by atoms with Gasteiger partial charge in [-0.05, 0) is 42.6 Å². The highest BCUT2D eigenvalue weighted by Gasteiger charge is 2.30. The summed E-state index contributed by atoms with van der Waals surface area (Å²) in [5, 5.41) is 3.29. The maximum absolute atomic E-state index is 12.6. The van der Waals surface area contributed by atoms with Gasteiger partial charge in [0.05, 0.1) is 6.54 Å². The van der Waals surface area contributed by atoms with Crippen LogP contribution in [0.4, 0.5) is 13.2 Å². The van der Waals surface area contributed by atoms with Gasteiger partial charge in [-0.3, -0.25) is 4.90 Å². The van der Waals surface area contributed by atoms with E-state index in [0.29, 0.717) is 13.1 Å². The van der Waals surface area contributed by atoms with E-state index >= 15 is 0 Å². The molecule has 1 N–H and O–H groups in total. The Kier molecular flexibility index (Phi) is 5.05. The summed E-state index contributed by atoms with van der Waals surface area (Å²) in [7, 11) is 0. The first kappa shape index (κ1) is 15.3. The van der Waals surface area contributed by atoms with Crippen molar-refractivity contribution >= 4 is 0 Å². The van der Waals surface area contributed by atoms with Gasteiger partial charge in [0.2, 0.25) is 0 Å². The van der Waals surface area contributed by atoms with Gasteiger partial charge in [-0.1, -0.05) is 25.1 Å². The Balaban J connectivity index is 2.14. The third-order valence-electron chi connectivity index (χ3n) is 3.57. The lowest BCUT2D eigenvalue weighted by Gasteiger charge is -2.26.